The Morgan fingerprint density at radius 3 is 3.00 bits per heavy atom. The Morgan fingerprint density at radius 1 is 1.53 bits per heavy atom. The van der Waals surface area contributed by atoms with E-state index in [2.05, 4.69) is 11.5 Å². The van der Waals surface area contributed by atoms with Crippen molar-refractivity contribution < 1.29 is 9.90 Å². The van der Waals surface area contributed by atoms with E-state index in [1.807, 2.05) is 18.3 Å². The summed E-state index contributed by atoms with van der Waals surface area (Å²) in [6, 6.07) is 3.86. The maximum atomic E-state index is 10.4. The fourth-order valence-electron chi connectivity index (χ4n) is 1.47. The fraction of sp³-hybridized carbons (Fsp3) is 0.417. The van der Waals surface area contributed by atoms with Crippen molar-refractivity contribution in [3.63, 3.8) is 0 Å². The summed E-state index contributed by atoms with van der Waals surface area (Å²) in [5.74, 6) is -0.906. The van der Waals surface area contributed by atoms with Crippen molar-refractivity contribution in [2.24, 2.45) is 0 Å². The van der Waals surface area contributed by atoms with Crippen LogP contribution in [0.2, 0.25) is 0 Å². The molecule has 82 valence electrons. The van der Waals surface area contributed by atoms with Crippen molar-refractivity contribution in [1.29, 1.82) is 0 Å². The summed E-state index contributed by atoms with van der Waals surface area (Å²) in [6.45, 7) is 3.13. The zero-order valence-corrected chi connectivity index (χ0v) is 9.02. The van der Waals surface area contributed by atoms with Gasteiger partial charge in [-0.2, -0.15) is 0 Å². The van der Waals surface area contributed by atoms with Crippen LogP contribution >= 0.6 is 0 Å². The molecule has 0 aliphatic carbocycles. The number of unbranched alkanes of at least 4 members (excludes halogenated alkanes) is 2. The molecule has 0 saturated carbocycles. The summed E-state index contributed by atoms with van der Waals surface area (Å²) in [6.07, 6.45) is 8.33. The standard InChI is InChI=1S/C12H17NO2/c1-2-3-4-9-13-10-5-6-11(13)7-8-12(14)15/h5-8,10H,2-4,9H2,1H3,(H,14,15)/b8-7+. The predicted molar refractivity (Wildman–Crippen MR) is 60.6 cm³/mol. The molecule has 0 fully saturated rings. The molecule has 3 nitrogen and oxygen atoms in total. The average Bonchev–Trinajstić information content (AvgIpc) is 2.63. The number of aliphatic carboxylic acids is 1. The normalized spacial score (nSPS) is 11.0. The van der Waals surface area contributed by atoms with Gasteiger partial charge in [0, 0.05) is 24.5 Å². The van der Waals surface area contributed by atoms with Crippen LogP contribution in [-0.2, 0) is 11.3 Å². The van der Waals surface area contributed by atoms with E-state index in [1.54, 1.807) is 6.08 Å². The third kappa shape index (κ3) is 4.02. The lowest BCUT2D eigenvalue weighted by atomic mass is 10.2. The zero-order valence-electron chi connectivity index (χ0n) is 9.02. The van der Waals surface area contributed by atoms with Crippen LogP contribution in [0.1, 0.15) is 31.9 Å². The molecule has 0 unspecified atom stereocenters. The first-order chi connectivity index (χ1) is 7.24. The van der Waals surface area contributed by atoms with E-state index in [1.165, 1.54) is 18.9 Å². The Kier molecular flexibility index (Phi) is 4.68. The molecule has 0 radical (unpaired) electrons. The summed E-state index contributed by atoms with van der Waals surface area (Å²) in [5.41, 5.74) is 0.952. The first-order valence-corrected chi connectivity index (χ1v) is 5.30. The van der Waals surface area contributed by atoms with Crippen LogP contribution in [0.25, 0.3) is 6.08 Å². The Hall–Kier alpha value is -1.51. The summed E-state index contributed by atoms with van der Waals surface area (Å²) < 4.78 is 2.08. The largest absolute Gasteiger partial charge is 0.478 e. The summed E-state index contributed by atoms with van der Waals surface area (Å²) >= 11 is 0. The molecule has 0 aromatic carbocycles. The van der Waals surface area contributed by atoms with Crippen LogP contribution in [0.5, 0.6) is 0 Å². The number of hydrogen-bond acceptors (Lipinski definition) is 1. The van der Waals surface area contributed by atoms with Crippen molar-refractivity contribution in [2.75, 3.05) is 0 Å². The summed E-state index contributed by atoms with van der Waals surface area (Å²) in [7, 11) is 0. The van der Waals surface area contributed by atoms with Crippen LogP contribution in [-0.4, -0.2) is 15.6 Å². The number of carbonyl (C=O) groups is 1. The van der Waals surface area contributed by atoms with Gasteiger partial charge >= 0.3 is 5.97 Å². The highest BCUT2D eigenvalue weighted by Gasteiger charge is 1.97. The maximum Gasteiger partial charge on any atom is 0.328 e. The quantitative estimate of drug-likeness (QED) is 0.575. The molecular formula is C12H17NO2. The molecule has 0 saturated heterocycles. The minimum atomic E-state index is -0.906. The second-order valence-corrected chi connectivity index (χ2v) is 3.51. The maximum absolute atomic E-state index is 10.4. The lowest BCUT2D eigenvalue weighted by Gasteiger charge is -2.04. The van der Waals surface area contributed by atoms with Crippen LogP contribution in [0.3, 0.4) is 0 Å². The Balaban J connectivity index is 2.57. The molecule has 1 aromatic heterocycles. The Morgan fingerprint density at radius 2 is 2.33 bits per heavy atom. The molecule has 1 heterocycles. The summed E-state index contributed by atoms with van der Waals surface area (Å²) in [5, 5.41) is 8.52. The van der Waals surface area contributed by atoms with Crippen molar-refractivity contribution in [1.82, 2.24) is 4.57 Å². The Bertz CT molecular complexity index is 339. The van der Waals surface area contributed by atoms with Gasteiger partial charge in [-0.25, -0.2) is 4.79 Å². The highest BCUT2D eigenvalue weighted by atomic mass is 16.4. The minimum absolute atomic E-state index is 0.906. The first-order valence-electron chi connectivity index (χ1n) is 5.30. The van der Waals surface area contributed by atoms with Gasteiger partial charge in [0.05, 0.1) is 0 Å². The molecule has 0 bridgehead atoms. The van der Waals surface area contributed by atoms with Crippen LogP contribution in [0, 0.1) is 0 Å². The van der Waals surface area contributed by atoms with Gasteiger partial charge in [-0.15, -0.1) is 0 Å². The highest BCUT2D eigenvalue weighted by Crippen LogP contribution is 2.07. The molecule has 15 heavy (non-hydrogen) atoms. The molecule has 0 aliphatic rings. The SMILES string of the molecule is CCCCCn1cccc1/C=C/C(=O)O. The van der Waals surface area contributed by atoms with Crippen molar-refractivity contribution in [2.45, 2.75) is 32.7 Å². The topological polar surface area (TPSA) is 42.2 Å². The minimum Gasteiger partial charge on any atom is -0.478 e. The monoisotopic (exact) mass is 207 g/mol. The summed E-state index contributed by atoms with van der Waals surface area (Å²) in [4.78, 5) is 10.4. The smallest absolute Gasteiger partial charge is 0.328 e. The number of hydrogen-bond donors (Lipinski definition) is 1. The lowest BCUT2D eigenvalue weighted by molar-refractivity contribution is -0.131. The van der Waals surface area contributed by atoms with E-state index >= 15 is 0 Å². The predicted octanol–water partition coefficient (Wildman–Crippen LogP) is 2.78. The van der Waals surface area contributed by atoms with E-state index in [-0.39, 0.29) is 0 Å². The molecule has 0 spiro atoms. The highest BCUT2D eigenvalue weighted by molar-refractivity contribution is 5.84. The van der Waals surface area contributed by atoms with Gasteiger partial charge in [0.1, 0.15) is 0 Å². The number of carboxylic acid groups (broad SMARTS) is 1. The van der Waals surface area contributed by atoms with Gasteiger partial charge in [-0.3, -0.25) is 0 Å². The van der Waals surface area contributed by atoms with Gasteiger partial charge in [0.2, 0.25) is 0 Å². The molecule has 3 heteroatoms. The molecule has 0 atom stereocenters. The molecular weight excluding hydrogens is 190 g/mol. The number of carboxylic acids is 1. The Labute approximate surface area is 90.0 Å². The van der Waals surface area contributed by atoms with Gasteiger partial charge < -0.3 is 9.67 Å². The average molecular weight is 207 g/mol. The van der Waals surface area contributed by atoms with Crippen molar-refractivity contribution in [3.05, 3.63) is 30.1 Å². The zero-order chi connectivity index (χ0) is 11.1. The van der Waals surface area contributed by atoms with Crippen LogP contribution in [0.15, 0.2) is 24.4 Å². The molecule has 1 aromatic rings. The number of aromatic nitrogens is 1. The van der Waals surface area contributed by atoms with Gasteiger partial charge in [0.25, 0.3) is 0 Å². The second kappa shape index (κ2) is 6.06. The third-order valence-electron chi connectivity index (χ3n) is 2.26. The van der Waals surface area contributed by atoms with Gasteiger partial charge in [-0.05, 0) is 24.6 Å². The van der Waals surface area contributed by atoms with E-state index in [0.717, 1.165) is 18.7 Å². The number of nitrogens with zero attached hydrogens (tertiary/aromatic N) is 1. The van der Waals surface area contributed by atoms with Crippen molar-refractivity contribution >= 4 is 12.0 Å². The second-order valence-electron chi connectivity index (χ2n) is 3.51. The van der Waals surface area contributed by atoms with E-state index in [9.17, 15) is 4.79 Å². The van der Waals surface area contributed by atoms with Gasteiger partial charge in [-0.1, -0.05) is 19.8 Å². The van der Waals surface area contributed by atoms with Crippen LogP contribution in [0.4, 0.5) is 0 Å². The molecule has 1 N–H and O–H groups in total. The number of rotatable bonds is 6. The van der Waals surface area contributed by atoms with E-state index < -0.39 is 5.97 Å². The molecule has 0 aliphatic heterocycles. The number of aryl methyl sites for hydroxylation is 1. The lowest BCUT2D eigenvalue weighted by Crippen LogP contribution is -1.98. The fourth-order valence-corrected chi connectivity index (χ4v) is 1.47. The van der Waals surface area contributed by atoms with E-state index in [0.29, 0.717) is 0 Å². The third-order valence-corrected chi connectivity index (χ3v) is 2.26. The van der Waals surface area contributed by atoms with Gasteiger partial charge in [0.15, 0.2) is 0 Å². The van der Waals surface area contributed by atoms with E-state index in [4.69, 9.17) is 5.11 Å². The molecule has 0 amide bonds. The van der Waals surface area contributed by atoms with Crippen LogP contribution < -0.4 is 0 Å². The van der Waals surface area contributed by atoms with Crippen molar-refractivity contribution in [3.8, 4) is 0 Å². The molecule has 1 rings (SSSR count). The first kappa shape index (κ1) is 11.6.